The predicted molar refractivity (Wildman–Crippen MR) is 81.7 cm³/mol. The number of hydrogen-bond acceptors (Lipinski definition) is 3. The third kappa shape index (κ3) is 6.24. The maximum atomic E-state index is 11.9. The van der Waals surface area contributed by atoms with Crippen molar-refractivity contribution in [2.75, 3.05) is 18.4 Å². The second-order valence-electron chi connectivity index (χ2n) is 5.69. The maximum absolute atomic E-state index is 11.9. The van der Waals surface area contributed by atoms with Crippen molar-refractivity contribution in [1.82, 2.24) is 0 Å². The number of aliphatic carboxylic acids is 1. The summed E-state index contributed by atoms with van der Waals surface area (Å²) in [7, 11) is 0. The fourth-order valence-corrected chi connectivity index (χ4v) is 2.09. The smallest absolute Gasteiger partial charge is 0.230 e. The molecule has 0 unspecified atom stereocenters. The third-order valence-electron chi connectivity index (χ3n) is 3.47. The highest BCUT2D eigenvalue weighted by Gasteiger charge is 2.18. The summed E-state index contributed by atoms with van der Waals surface area (Å²) in [6.07, 6.45) is 0.702. The molecular formula is C16H26N3O3+. The zero-order valence-corrected chi connectivity index (χ0v) is 13.3. The Balaban J connectivity index is 2.53. The minimum atomic E-state index is -1.21. The van der Waals surface area contributed by atoms with Crippen molar-refractivity contribution in [2.24, 2.45) is 0 Å². The van der Waals surface area contributed by atoms with E-state index in [1.807, 2.05) is 24.3 Å². The molecule has 1 amide bonds. The van der Waals surface area contributed by atoms with Gasteiger partial charge in [0.15, 0.2) is 0 Å². The first-order valence-electron chi connectivity index (χ1n) is 7.67. The number of carbonyl (C=O) groups is 2. The quantitative estimate of drug-likeness (QED) is 0.480. The third-order valence-corrected chi connectivity index (χ3v) is 3.47. The van der Waals surface area contributed by atoms with Crippen LogP contribution in [0.4, 0.5) is 5.69 Å². The minimum absolute atomic E-state index is 0.106. The summed E-state index contributed by atoms with van der Waals surface area (Å²) >= 11 is 0. The molecule has 1 aromatic carbocycles. The van der Waals surface area contributed by atoms with Crippen molar-refractivity contribution < 1.29 is 25.7 Å². The first kappa shape index (κ1) is 18.1. The Kier molecular flexibility index (Phi) is 7.56. The number of nitrogens with one attached hydrogen (secondary N) is 1. The molecule has 0 saturated heterocycles. The monoisotopic (exact) mass is 308 g/mol. The molecular weight excluding hydrogens is 282 g/mol. The molecule has 1 rings (SSSR count). The van der Waals surface area contributed by atoms with Gasteiger partial charge in [-0.05, 0) is 23.6 Å². The normalized spacial score (nSPS) is 12.2. The van der Waals surface area contributed by atoms with E-state index < -0.39 is 12.0 Å². The molecule has 22 heavy (non-hydrogen) atoms. The van der Waals surface area contributed by atoms with E-state index in [9.17, 15) is 14.7 Å². The van der Waals surface area contributed by atoms with E-state index >= 15 is 0 Å². The van der Waals surface area contributed by atoms with Gasteiger partial charge in [-0.25, -0.2) is 0 Å². The Morgan fingerprint density at radius 2 is 1.91 bits per heavy atom. The molecule has 122 valence electrons. The van der Waals surface area contributed by atoms with Gasteiger partial charge in [0.1, 0.15) is 6.04 Å². The van der Waals surface area contributed by atoms with Crippen LogP contribution in [-0.2, 0) is 9.59 Å². The highest BCUT2D eigenvalue weighted by molar-refractivity contribution is 5.93. The lowest BCUT2D eigenvalue weighted by Crippen LogP contribution is -2.93. The number of nitrogens with two attached hydrogens (primary N) is 1. The fourth-order valence-electron chi connectivity index (χ4n) is 2.09. The van der Waals surface area contributed by atoms with Crippen LogP contribution in [0.5, 0.6) is 0 Å². The molecule has 1 aromatic rings. The number of anilines is 1. The average molecular weight is 308 g/mol. The summed E-state index contributed by atoms with van der Waals surface area (Å²) in [6, 6.07) is 6.70. The highest BCUT2D eigenvalue weighted by Crippen LogP contribution is 2.17. The molecule has 0 aromatic heterocycles. The van der Waals surface area contributed by atoms with Gasteiger partial charge in [0, 0.05) is 12.1 Å². The number of benzene rings is 1. The van der Waals surface area contributed by atoms with Crippen LogP contribution in [0.25, 0.3) is 0 Å². The van der Waals surface area contributed by atoms with Crippen LogP contribution >= 0.6 is 0 Å². The number of hydrogen-bond donors (Lipinski definition) is 3. The topological polar surface area (TPSA) is 113 Å². The lowest BCUT2D eigenvalue weighted by molar-refractivity contribution is -0.684. The Morgan fingerprint density at radius 1 is 1.27 bits per heavy atom. The van der Waals surface area contributed by atoms with Crippen molar-refractivity contribution in [2.45, 2.75) is 38.6 Å². The fraction of sp³-hybridized carbons (Fsp3) is 0.500. The average Bonchev–Trinajstić information content (AvgIpc) is 2.46. The van der Waals surface area contributed by atoms with E-state index in [4.69, 9.17) is 0 Å². The van der Waals surface area contributed by atoms with Crippen LogP contribution in [-0.4, -0.2) is 31.0 Å². The molecule has 0 aliphatic heterocycles. The molecule has 6 N–H and O–H groups in total. The number of quaternary nitrogens is 2. The van der Waals surface area contributed by atoms with Crippen LogP contribution in [0, 0.1) is 0 Å². The lowest BCUT2D eigenvalue weighted by Gasteiger charge is -2.16. The first-order chi connectivity index (χ1) is 10.4. The van der Waals surface area contributed by atoms with Crippen molar-refractivity contribution in [1.29, 1.82) is 0 Å². The second kappa shape index (κ2) is 9.17. The van der Waals surface area contributed by atoms with Crippen LogP contribution < -0.4 is 21.5 Å². The first-order valence-corrected chi connectivity index (χ1v) is 7.67. The molecule has 0 spiro atoms. The summed E-state index contributed by atoms with van der Waals surface area (Å²) in [4.78, 5) is 23.0. The molecule has 0 heterocycles. The van der Waals surface area contributed by atoms with Gasteiger partial charge < -0.3 is 26.3 Å². The van der Waals surface area contributed by atoms with E-state index in [-0.39, 0.29) is 12.3 Å². The van der Waals surface area contributed by atoms with Gasteiger partial charge in [0.2, 0.25) is 5.91 Å². The standard InChI is InChI=1S/C16H25N3O3/c1-11(2)12-4-6-13(7-5-12)19-15(20)10-14(16(21)22)18-9-3-8-17/h4-7,11,14,18H,3,8-10,17H2,1-2H3,(H,19,20)(H,21,22)/p+1/t14-/m0/s1. The Morgan fingerprint density at radius 3 is 2.41 bits per heavy atom. The number of carboxylic acid groups (broad SMARTS) is 1. The molecule has 6 heteroatoms. The van der Waals surface area contributed by atoms with Crippen LogP contribution in [0.2, 0.25) is 0 Å². The summed E-state index contributed by atoms with van der Waals surface area (Å²) in [5.74, 6) is -1.11. The highest BCUT2D eigenvalue weighted by atomic mass is 16.4. The largest absolute Gasteiger partial charge is 0.544 e. The van der Waals surface area contributed by atoms with Gasteiger partial charge in [-0.3, -0.25) is 4.79 Å². The van der Waals surface area contributed by atoms with Gasteiger partial charge >= 0.3 is 0 Å². The molecule has 0 aliphatic rings. The van der Waals surface area contributed by atoms with Gasteiger partial charge in [0.05, 0.1) is 25.5 Å². The molecule has 0 saturated carbocycles. The summed E-state index contributed by atoms with van der Waals surface area (Å²) < 4.78 is 0. The Labute approximate surface area is 131 Å². The van der Waals surface area contributed by atoms with E-state index in [0.29, 0.717) is 18.2 Å². The number of carbonyl (C=O) groups excluding carboxylic acids is 2. The van der Waals surface area contributed by atoms with Gasteiger partial charge in [-0.1, -0.05) is 26.0 Å². The predicted octanol–water partition coefficient (Wildman–Crippen LogP) is -1.55. The zero-order chi connectivity index (χ0) is 16.5. The van der Waals surface area contributed by atoms with Gasteiger partial charge in [0.25, 0.3) is 0 Å². The number of amides is 1. The molecule has 0 bridgehead atoms. The Bertz CT molecular complexity index is 486. The molecule has 0 radical (unpaired) electrons. The van der Waals surface area contributed by atoms with Crippen molar-refractivity contribution in [3.63, 3.8) is 0 Å². The summed E-state index contributed by atoms with van der Waals surface area (Å²) in [5, 5.41) is 15.4. The van der Waals surface area contributed by atoms with Gasteiger partial charge in [-0.15, -0.1) is 0 Å². The van der Waals surface area contributed by atoms with E-state index in [1.165, 1.54) is 5.56 Å². The maximum Gasteiger partial charge on any atom is 0.230 e. The van der Waals surface area contributed by atoms with E-state index in [0.717, 1.165) is 13.0 Å². The van der Waals surface area contributed by atoms with Crippen LogP contribution in [0.15, 0.2) is 24.3 Å². The number of carboxylic acids is 1. The van der Waals surface area contributed by atoms with Crippen LogP contribution in [0.3, 0.4) is 0 Å². The summed E-state index contributed by atoms with van der Waals surface area (Å²) in [5.41, 5.74) is 5.56. The summed E-state index contributed by atoms with van der Waals surface area (Å²) in [6.45, 7) is 5.56. The second-order valence-corrected chi connectivity index (χ2v) is 5.69. The van der Waals surface area contributed by atoms with E-state index in [1.54, 1.807) is 5.32 Å². The zero-order valence-electron chi connectivity index (χ0n) is 13.3. The molecule has 0 aliphatic carbocycles. The number of rotatable bonds is 9. The SMILES string of the molecule is CC(C)c1ccc(NC(=O)C[C@H]([NH2+]CCC[NH3+])C(=O)[O-])cc1. The molecule has 6 nitrogen and oxygen atoms in total. The van der Waals surface area contributed by atoms with Crippen LogP contribution in [0.1, 0.15) is 38.2 Å². The molecule has 0 fully saturated rings. The van der Waals surface area contributed by atoms with Crippen molar-refractivity contribution >= 4 is 17.6 Å². The lowest BCUT2D eigenvalue weighted by atomic mass is 10.0. The Hall–Kier alpha value is -1.92. The minimum Gasteiger partial charge on any atom is -0.544 e. The van der Waals surface area contributed by atoms with E-state index in [2.05, 4.69) is 24.9 Å². The molecule has 1 atom stereocenters. The van der Waals surface area contributed by atoms with Crippen molar-refractivity contribution in [3.8, 4) is 0 Å². The van der Waals surface area contributed by atoms with Gasteiger partial charge in [-0.2, -0.15) is 0 Å². The van der Waals surface area contributed by atoms with Crippen molar-refractivity contribution in [3.05, 3.63) is 29.8 Å².